The number of para-hydroxylation sites is 2. The molecule has 6 nitrogen and oxygen atoms in total. The van der Waals surface area contributed by atoms with Gasteiger partial charge in [-0.25, -0.2) is 4.79 Å². The smallest absolute Gasteiger partial charge is 0.340 e. The van der Waals surface area contributed by atoms with E-state index in [1.165, 1.54) is 0 Å². The SMILES string of the molecule is CCOC(=O)c1ccccc1N1CCN(C(=O)Cc2c[nH]c3ccccc23)CC1. The predicted octanol–water partition coefficient (Wildman–Crippen LogP) is 3.24. The van der Waals surface area contributed by atoms with Gasteiger partial charge in [0.15, 0.2) is 0 Å². The number of carbonyl (C=O) groups excluding carboxylic acids is 2. The summed E-state index contributed by atoms with van der Waals surface area (Å²) in [5.74, 6) is -0.172. The fraction of sp³-hybridized carbons (Fsp3) is 0.304. The zero-order valence-electron chi connectivity index (χ0n) is 16.6. The normalized spacial score (nSPS) is 14.2. The molecular formula is C23H25N3O3. The molecule has 1 aliphatic heterocycles. The van der Waals surface area contributed by atoms with Gasteiger partial charge in [0.1, 0.15) is 0 Å². The van der Waals surface area contributed by atoms with Crippen LogP contribution in [-0.4, -0.2) is 54.5 Å². The number of fused-ring (bicyclic) bond motifs is 1. The molecule has 1 aromatic heterocycles. The predicted molar refractivity (Wildman–Crippen MR) is 113 cm³/mol. The van der Waals surface area contributed by atoms with E-state index in [2.05, 4.69) is 9.88 Å². The average Bonchev–Trinajstić information content (AvgIpc) is 3.17. The summed E-state index contributed by atoms with van der Waals surface area (Å²) in [5.41, 5.74) is 3.53. The van der Waals surface area contributed by atoms with Gasteiger partial charge in [0.05, 0.1) is 24.3 Å². The van der Waals surface area contributed by atoms with E-state index in [4.69, 9.17) is 4.74 Å². The highest BCUT2D eigenvalue weighted by Gasteiger charge is 2.24. The molecule has 3 aromatic rings. The average molecular weight is 391 g/mol. The second-order valence-electron chi connectivity index (χ2n) is 7.14. The van der Waals surface area contributed by atoms with E-state index >= 15 is 0 Å². The number of rotatable bonds is 5. The van der Waals surface area contributed by atoms with Crippen LogP contribution < -0.4 is 4.90 Å². The molecule has 0 unspecified atom stereocenters. The molecule has 1 aliphatic rings. The minimum atomic E-state index is -0.305. The maximum atomic E-state index is 12.8. The molecule has 1 amide bonds. The number of ether oxygens (including phenoxy) is 1. The lowest BCUT2D eigenvalue weighted by Crippen LogP contribution is -2.49. The lowest BCUT2D eigenvalue weighted by atomic mass is 10.1. The number of hydrogen-bond donors (Lipinski definition) is 1. The highest BCUT2D eigenvalue weighted by molar-refractivity contribution is 5.96. The molecule has 150 valence electrons. The van der Waals surface area contributed by atoms with E-state index in [1.807, 2.05) is 53.6 Å². The molecule has 0 saturated carbocycles. The van der Waals surface area contributed by atoms with Gasteiger partial charge < -0.3 is 19.5 Å². The Labute approximate surface area is 170 Å². The van der Waals surface area contributed by atoms with Crippen molar-refractivity contribution >= 4 is 28.5 Å². The third kappa shape index (κ3) is 3.97. The third-order valence-corrected chi connectivity index (χ3v) is 5.39. The van der Waals surface area contributed by atoms with E-state index in [0.29, 0.717) is 44.8 Å². The Kier molecular flexibility index (Phi) is 5.51. The first-order chi connectivity index (χ1) is 14.2. The Hall–Kier alpha value is -3.28. The quantitative estimate of drug-likeness (QED) is 0.678. The van der Waals surface area contributed by atoms with Crippen LogP contribution in [0.15, 0.2) is 54.7 Å². The number of nitrogens with one attached hydrogen (secondary N) is 1. The zero-order chi connectivity index (χ0) is 20.2. The van der Waals surface area contributed by atoms with Crippen molar-refractivity contribution in [2.24, 2.45) is 0 Å². The van der Waals surface area contributed by atoms with Gasteiger partial charge >= 0.3 is 5.97 Å². The van der Waals surface area contributed by atoms with Gasteiger partial charge in [0, 0.05) is 43.3 Å². The summed E-state index contributed by atoms with van der Waals surface area (Å²) in [4.78, 5) is 32.4. The zero-order valence-corrected chi connectivity index (χ0v) is 16.6. The van der Waals surface area contributed by atoms with E-state index in [0.717, 1.165) is 22.2 Å². The highest BCUT2D eigenvalue weighted by atomic mass is 16.5. The molecule has 2 aromatic carbocycles. The van der Waals surface area contributed by atoms with Gasteiger partial charge in [-0.05, 0) is 30.7 Å². The minimum absolute atomic E-state index is 0.132. The number of aromatic nitrogens is 1. The van der Waals surface area contributed by atoms with Gasteiger partial charge in [0.2, 0.25) is 5.91 Å². The minimum Gasteiger partial charge on any atom is -0.462 e. The Morgan fingerprint density at radius 1 is 1.00 bits per heavy atom. The molecular weight excluding hydrogens is 366 g/mol. The number of aromatic amines is 1. The van der Waals surface area contributed by atoms with Crippen LogP contribution in [0.1, 0.15) is 22.8 Å². The first kappa shape index (κ1) is 19.1. The van der Waals surface area contributed by atoms with Crippen molar-refractivity contribution in [2.75, 3.05) is 37.7 Å². The van der Waals surface area contributed by atoms with Gasteiger partial charge in [0.25, 0.3) is 0 Å². The molecule has 0 spiro atoms. The summed E-state index contributed by atoms with van der Waals surface area (Å²) in [6, 6.07) is 15.5. The molecule has 1 saturated heterocycles. The van der Waals surface area contributed by atoms with Gasteiger partial charge in [-0.3, -0.25) is 4.79 Å². The highest BCUT2D eigenvalue weighted by Crippen LogP contribution is 2.24. The second-order valence-corrected chi connectivity index (χ2v) is 7.14. The first-order valence-corrected chi connectivity index (χ1v) is 10.0. The summed E-state index contributed by atoms with van der Waals surface area (Å²) in [5, 5.41) is 1.10. The van der Waals surface area contributed by atoms with E-state index in [9.17, 15) is 9.59 Å². The first-order valence-electron chi connectivity index (χ1n) is 10.0. The number of piperazine rings is 1. The van der Waals surface area contributed by atoms with E-state index < -0.39 is 0 Å². The van der Waals surface area contributed by atoms with Crippen molar-refractivity contribution in [1.29, 1.82) is 0 Å². The van der Waals surface area contributed by atoms with Crippen molar-refractivity contribution in [3.05, 3.63) is 65.9 Å². The number of carbonyl (C=O) groups is 2. The summed E-state index contributed by atoms with van der Waals surface area (Å²) in [6.07, 6.45) is 2.32. The maximum Gasteiger partial charge on any atom is 0.340 e. The Morgan fingerprint density at radius 3 is 2.52 bits per heavy atom. The molecule has 0 aliphatic carbocycles. The van der Waals surface area contributed by atoms with Crippen molar-refractivity contribution in [1.82, 2.24) is 9.88 Å². The van der Waals surface area contributed by atoms with Gasteiger partial charge in [-0.1, -0.05) is 30.3 Å². The van der Waals surface area contributed by atoms with Crippen LogP contribution >= 0.6 is 0 Å². The van der Waals surface area contributed by atoms with Crippen LogP contribution in [-0.2, 0) is 16.0 Å². The van der Waals surface area contributed by atoms with Crippen LogP contribution in [0.25, 0.3) is 10.9 Å². The molecule has 0 bridgehead atoms. The summed E-state index contributed by atoms with van der Waals surface area (Å²) < 4.78 is 5.18. The van der Waals surface area contributed by atoms with Crippen LogP contribution in [0.5, 0.6) is 0 Å². The van der Waals surface area contributed by atoms with Crippen molar-refractivity contribution < 1.29 is 14.3 Å². The van der Waals surface area contributed by atoms with Crippen LogP contribution in [0.3, 0.4) is 0 Å². The largest absolute Gasteiger partial charge is 0.462 e. The summed E-state index contributed by atoms with van der Waals surface area (Å²) in [6.45, 7) is 4.81. The third-order valence-electron chi connectivity index (χ3n) is 5.39. The fourth-order valence-corrected chi connectivity index (χ4v) is 3.88. The number of benzene rings is 2. The summed E-state index contributed by atoms with van der Waals surface area (Å²) >= 11 is 0. The van der Waals surface area contributed by atoms with Gasteiger partial charge in [-0.2, -0.15) is 0 Å². The van der Waals surface area contributed by atoms with E-state index in [-0.39, 0.29) is 11.9 Å². The molecule has 1 N–H and O–H groups in total. The number of H-pyrrole nitrogens is 1. The lowest BCUT2D eigenvalue weighted by Gasteiger charge is -2.36. The van der Waals surface area contributed by atoms with Crippen molar-refractivity contribution in [3.63, 3.8) is 0 Å². The van der Waals surface area contributed by atoms with Gasteiger partial charge in [-0.15, -0.1) is 0 Å². The van der Waals surface area contributed by atoms with Crippen LogP contribution in [0, 0.1) is 0 Å². The van der Waals surface area contributed by atoms with E-state index in [1.54, 1.807) is 13.0 Å². The molecule has 4 rings (SSSR count). The standard InChI is InChI=1S/C23H25N3O3/c1-2-29-23(28)19-8-4-6-10-21(19)25-11-13-26(14-12-25)22(27)15-17-16-24-20-9-5-3-7-18(17)20/h3-10,16,24H,2,11-15H2,1H3. The van der Waals surface area contributed by atoms with Crippen molar-refractivity contribution in [3.8, 4) is 0 Å². The Balaban J connectivity index is 1.41. The monoisotopic (exact) mass is 391 g/mol. The second kappa shape index (κ2) is 8.39. The molecule has 2 heterocycles. The Bertz CT molecular complexity index is 1020. The number of esters is 1. The molecule has 0 radical (unpaired) electrons. The fourth-order valence-electron chi connectivity index (χ4n) is 3.88. The maximum absolute atomic E-state index is 12.8. The number of hydrogen-bond acceptors (Lipinski definition) is 4. The molecule has 6 heteroatoms. The number of amides is 1. The number of anilines is 1. The van der Waals surface area contributed by atoms with Crippen molar-refractivity contribution in [2.45, 2.75) is 13.3 Å². The summed E-state index contributed by atoms with van der Waals surface area (Å²) in [7, 11) is 0. The molecule has 0 atom stereocenters. The number of nitrogens with zero attached hydrogens (tertiary/aromatic N) is 2. The van der Waals surface area contributed by atoms with Crippen LogP contribution in [0.4, 0.5) is 5.69 Å². The topological polar surface area (TPSA) is 65.6 Å². The Morgan fingerprint density at radius 2 is 1.72 bits per heavy atom. The van der Waals surface area contributed by atoms with Crippen LogP contribution in [0.2, 0.25) is 0 Å². The molecule has 1 fully saturated rings. The molecule has 29 heavy (non-hydrogen) atoms. The lowest BCUT2D eigenvalue weighted by molar-refractivity contribution is -0.130.